The minimum Gasteiger partial charge on any atom is -0.480 e. The molecule has 0 bridgehead atoms. The molecule has 0 aliphatic heterocycles. The number of carboxylic acids is 1. The molecule has 0 saturated heterocycles. The fraction of sp³-hybridized carbons (Fsp3) is 0.273. The summed E-state index contributed by atoms with van der Waals surface area (Å²) in [6.07, 6.45) is 0. The second-order valence-electron chi connectivity index (χ2n) is 3.93. The van der Waals surface area contributed by atoms with Gasteiger partial charge < -0.3 is 20.0 Å². The van der Waals surface area contributed by atoms with Crippen molar-refractivity contribution in [3.8, 4) is 0 Å². The van der Waals surface area contributed by atoms with Crippen LogP contribution in [0, 0.1) is 0 Å². The number of carboxylic acid groups (broad SMARTS) is 1. The van der Waals surface area contributed by atoms with Crippen molar-refractivity contribution in [1.82, 2.24) is 9.97 Å². The van der Waals surface area contributed by atoms with Gasteiger partial charge in [0.2, 0.25) is 0 Å². The van der Waals surface area contributed by atoms with Gasteiger partial charge in [-0.15, -0.1) is 0 Å². The molecule has 2 aromatic rings. The zero-order chi connectivity index (χ0) is 12.6. The molecule has 1 heterocycles. The first-order valence-corrected chi connectivity index (χ1v) is 5.16. The number of imidazole rings is 1. The number of aromatic amines is 2. The molecule has 0 aliphatic rings. The fourth-order valence-electron chi connectivity index (χ4n) is 1.63. The zero-order valence-corrected chi connectivity index (χ0v) is 9.52. The molecule has 0 spiro atoms. The SMILES string of the molecule is CC(C(=O)O)N(C)c1ccc2[nH]c(=O)[nH]c2c1. The van der Waals surface area contributed by atoms with Crippen LogP contribution in [-0.2, 0) is 4.79 Å². The van der Waals surface area contributed by atoms with Gasteiger partial charge in [-0.25, -0.2) is 9.59 Å². The number of nitrogens with one attached hydrogen (secondary N) is 2. The van der Waals surface area contributed by atoms with Crippen LogP contribution in [0.4, 0.5) is 5.69 Å². The Balaban J connectivity index is 2.42. The number of aliphatic carboxylic acids is 1. The number of nitrogens with zero attached hydrogens (tertiary/aromatic N) is 1. The molecular formula is C11H13N3O3. The first kappa shape index (κ1) is 11.3. The number of carbonyl (C=O) groups is 1. The summed E-state index contributed by atoms with van der Waals surface area (Å²) in [5, 5.41) is 8.93. The molecule has 17 heavy (non-hydrogen) atoms. The van der Waals surface area contributed by atoms with Crippen molar-refractivity contribution in [3.05, 3.63) is 28.7 Å². The van der Waals surface area contributed by atoms with Crippen molar-refractivity contribution in [3.63, 3.8) is 0 Å². The van der Waals surface area contributed by atoms with E-state index in [0.29, 0.717) is 11.0 Å². The van der Waals surface area contributed by atoms with Crippen LogP contribution >= 0.6 is 0 Å². The van der Waals surface area contributed by atoms with Crippen molar-refractivity contribution in [2.24, 2.45) is 0 Å². The van der Waals surface area contributed by atoms with Crippen LogP contribution < -0.4 is 10.6 Å². The van der Waals surface area contributed by atoms with Crippen molar-refractivity contribution in [2.75, 3.05) is 11.9 Å². The summed E-state index contributed by atoms with van der Waals surface area (Å²) < 4.78 is 0. The fourth-order valence-corrected chi connectivity index (χ4v) is 1.63. The standard InChI is InChI=1S/C11H13N3O3/c1-6(10(15)16)14(2)7-3-4-8-9(5-7)13-11(17)12-8/h3-6H,1-2H3,(H,15,16)(H2,12,13,17). The van der Waals surface area contributed by atoms with Crippen LogP contribution in [0.1, 0.15) is 6.92 Å². The van der Waals surface area contributed by atoms with Gasteiger partial charge in [0.1, 0.15) is 6.04 Å². The van der Waals surface area contributed by atoms with Gasteiger partial charge in [0.25, 0.3) is 0 Å². The Morgan fingerprint density at radius 2 is 2.00 bits per heavy atom. The third kappa shape index (κ3) is 2.01. The zero-order valence-electron chi connectivity index (χ0n) is 9.52. The second kappa shape index (κ2) is 3.97. The summed E-state index contributed by atoms with van der Waals surface area (Å²) in [5.74, 6) is -0.893. The number of benzene rings is 1. The van der Waals surface area contributed by atoms with Gasteiger partial charge in [0.05, 0.1) is 11.0 Å². The lowest BCUT2D eigenvalue weighted by atomic mass is 10.2. The van der Waals surface area contributed by atoms with Crippen molar-refractivity contribution < 1.29 is 9.90 Å². The van der Waals surface area contributed by atoms with Crippen molar-refractivity contribution >= 4 is 22.7 Å². The molecular weight excluding hydrogens is 222 g/mol. The van der Waals surface area contributed by atoms with Crippen molar-refractivity contribution in [2.45, 2.75) is 13.0 Å². The van der Waals surface area contributed by atoms with E-state index in [4.69, 9.17) is 5.11 Å². The van der Waals surface area contributed by atoms with Crippen LogP contribution in [-0.4, -0.2) is 34.1 Å². The van der Waals surface area contributed by atoms with E-state index in [-0.39, 0.29) is 5.69 Å². The molecule has 1 aromatic heterocycles. The van der Waals surface area contributed by atoms with E-state index >= 15 is 0 Å². The smallest absolute Gasteiger partial charge is 0.326 e. The first-order chi connectivity index (χ1) is 7.99. The van der Waals surface area contributed by atoms with Gasteiger partial charge in [-0.05, 0) is 25.1 Å². The highest BCUT2D eigenvalue weighted by atomic mass is 16.4. The molecule has 6 heteroatoms. The minimum absolute atomic E-state index is 0.272. The van der Waals surface area contributed by atoms with Crippen LogP contribution in [0.5, 0.6) is 0 Å². The lowest BCUT2D eigenvalue weighted by Crippen LogP contribution is -2.35. The molecule has 3 N–H and O–H groups in total. The molecule has 0 saturated carbocycles. The minimum atomic E-state index is -0.893. The summed E-state index contributed by atoms with van der Waals surface area (Å²) >= 11 is 0. The molecule has 1 unspecified atom stereocenters. The van der Waals surface area contributed by atoms with E-state index in [1.165, 1.54) is 0 Å². The Hall–Kier alpha value is -2.24. The number of fused-ring (bicyclic) bond motifs is 1. The molecule has 0 aliphatic carbocycles. The highest BCUT2D eigenvalue weighted by Gasteiger charge is 2.17. The monoisotopic (exact) mass is 235 g/mol. The molecule has 0 amide bonds. The van der Waals surface area contributed by atoms with Crippen molar-refractivity contribution in [1.29, 1.82) is 0 Å². The van der Waals surface area contributed by atoms with Gasteiger partial charge in [0.15, 0.2) is 0 Å². The Morgan fingerprint density at radius 1 is 1.35 bits per heavy atom. The molecule has 1 atom stereocenters. The van der Waals surface area contributed by atoms with Gasteiger partial charge in [-0.3, -0.25) is 0 Å². The maximum absolute atomic E-state index is 11.1. The van der Waals surface area contributed by atoms with Gasteiger partial charge >= 0.3 is 11.7 Å². The van der Waals surface area contributed by atoms with E-state index in [1.807, 2.05) is 0 Å². The number of hydrogen-bond acceptors (Lipinski definition) is 3. The summed E-state index contributed by atoms with van der Waals surface area (Å²) in [5.41, 5.74) is 1.83. The average Bonchev–Trinajstić information content (AvgIpc) is 2.65. The molecule has 0 radical (unpaired) electrons. The molecule has 90 valence electrons. The Labute approximate surface area is 96.9 Å². The predicted molar refractivity (Wildman–Crippen MR) is 64.4 cm³/mol. The quantitative estimate of drug-likeness (QED) is 0.733. The van der Waals surface area contributed by atoms with E-state index < -0.39 is 12.0 Å². The predicted octanol–water partition coefficient (Wildman–Crippen LogP) is 0.766. The van der Waals surface area contributed by atoms with Gasteiger partial charge in [-0.2, -0.15) is 0 Å². The van der Waals surface area contributed by atoms with Gasteiger partial charge in [-0.1, -0.05) is 0 Å². The van der Waals surface area contributed by atoms with E-state index in [1.54, 1.807) is 37.1 Å². The van der Waals surface area contributed by atoms with E-state index in [0.717, 1.165) is 5.69 Å². The molecule has 0 fully saturated rings. The maximum Gasteiger partial charge on any atom is 0.326 e. The Kier molecular flexibility index (Phi) is 2.63. The van der Waals surface area contributed by atoms with Crippen LogP contribution in [0.15, 0.2) is 23.0 Å². The number of H-pyrrole nitrogens is 2. The lowest BCUT2D eigenvalue weighted by Gasteiger charge is -2.23. The van der Waals surface area contributed by atoms with E-state index in [9.17, 15) is 9.59 Å². The summed E-state index contributed by atoms with van der Waals surface area (Å²) in [7, 11) is 1.70. The number of anilines is 1. The van der Waals surface area contributed by atoms with Gasteiger partial charge in [0, 0.05) is 12.7 Å². The second-order valence-corrected chi connectivity index (χ2v) is 3.93. The first-order valence-electron chi connectivity index (χ1n) is 5.16. The average molecular weight is 235 g/mol. The lowest BCUT2D eigenvalue weighted by molar-refractivity contribution is -0.138. The Morgan fingerprint density at radius 3 is 2.65 bits per heavy atom. The number of aromatic nitrogens is 2. The van der Waals surface area contributed by atoms with Crippen LogP contribution in [0.2, 0.25) is 0 Å². The maximum atomic E-state index is 11.1. The molecule has 1 aromatic carbocycles. The highest BCUT2D eigenvalue weighted by molar-refractivity contribution is 5.82. The summed E-state index contributed by atoms with van der Waals surface area (Å²) in [6, 6.07) is 4.63. The van der Waals surface area contributed by atoms with Crippen LogP contribution in [0.3, 0.4) is 0 Å². The summed E-state index contributed by atoms with van der Waals surface area (Å²) in [6.45, 7) is 1.60. The number of hydrogen-bond donors (Lipinski definition) is 3. The highest BCUT2D eigenvalue weighted by Crippen LogP contribution is 2.19. The third-order valence-electron chi connectivity index (χ3n) is 2.85. The topological polar surface area (TPSA) is 89.2 Å². The normalized spacial score (nSPS) is 12.6. The Bertz CT molecular complexity index is 614. The third-order valence-corrected chi connectivity index (χ3v) is 2.85. The number of rotatable bonds is 3. The summed E-state index contributed by atoms with van der Waals surface area (Å²) in [4.78, 5) is 28.9. The number of likely N-dealkylation sites (N-methyl/N-ethyl adjacent to an activating group) is 1. The largest absolute Gasteiger partial charge is 0.480 e. The van der Waals surface area contributed by atoms with E-state index in [2.05, 4.69) is 9.97 Å². The van der Waals surface area contributed by atoms with Crippen LogP contribution in [0.25, 0.3) is 11.0 Å². The molecule has 2 rings (SSSR count). The molecule has 6 nitrogen and oxygen atoms in total.